The monoisotopic (exact) mass is 561 g/mol. The van der Waals surface area contributed by atoms with Gasteiger partial charge in [-0.2, -0.15) is 0 Å². The Labute approximate surface area is 244 Å². The number of esters is 1. The smallest absolute Gasteiger partial charge is 0.330 e. The zero-order valence-corrected chi connectivity index (χ0v) is 23.0. The molecule has 42 heavy (non-hydrogen) atoms. The van der Waals surface area contributed by atoms with Crippen LogP contribution in [0.3, 0.4) is 0 Å². The first-order valence-corrected chi connectivity index (χ1v) is 14.6. The summed E-state index contributed by atoms with van der Waals surface area (Å²) in [5, 5.41) is 0. The van der Waals surface area contributed by atoms with E-state index >= 15 is 0 Å². The zero-order chi connectivity index (χ0) is 28.8. The first-order chi connectivity index (χ1) is 20.5. The molecule has 1 aliphatic heterocycles. The summed E-state index contributed by atoms with van der Waals surface area (Å²) >= 11 is 0. The Hall–Kier alpha value is -4.52. The maximum absolute atomic E-state index is 13.8. The van der Waals surface area contributed by atoms with Gasteiger partial charge in [0.05, 0.1) is 11.8 Å². The summed E-state index contributed by atoms with van der Waals surface area (Å²) in [6.45, 7) is -0.0859. The van der Waals surface area contributed by atoms with E-state index in [0.717, 1.165) is 22.4 Å². The van der Waals surface area contributed by atoms with Gasteiger partial charge >= 0.3 is 5.97 Å². The van der Waals surface area contributed by atoms with Crippen molar-refractivity contribution in [3.8, 4) is 5.75 Å². The van der Waals surface area contributed by atoms with Crippen LogP contribution in [-0.4, -0.2) is 41.1 Å². The predicted molar refractivity (Wildman–Crippen MR) is 153 cm³/mol. The van der Waals surface area contributed by atoms with Gasteiger partial charge in [0.1, 0.15) is 18.4 Å². The molecular weight excluding hydrogens is 530 g/mol. The van der Waals surface area contributed by atoms with E-state index in [1.54, 1.807) is 24.3 Å². The lowest BCUT2D eigenvalue weighted by Crippen LogP contribution is -2.48. The van der Waals surface area contributed by atoms with Crippen molar-refractivity contribution in [2.75, 3.05) is 6.61 Å². The second kappa shape index (κ2) is 10.7. The summed E-state index contributed by atoms with van der Waals surface area (Å²) in [7, 11) is 0. The van der Waals surface area contributed by atoms with Gasteiger partial charge in [0.25, 0.3) is 0 Å². The van der Waals surface area contributed by atoms with Gasteiger partial charge in [0.2, 0.25) is 11.8 Å². The molecule has 7 atom stereocenters. The van der Waals surface area contributed by atoms with Gasteiger partial charge in [0, 0.05) is 12.0 Å². The predicted octanol–water partition coefficient (Wildman–Crippen LogP) is 4.66. The van der Waals surface area contributed by atoms with Gasteiger partial charge in [-0.05, 0) is 65.5 Å². The Morgan fingerprint density at radius 3 is 1.93 bits per heavy atom. The summed E-state index contributed by atoms with van der Waals surface area (Å²) in [6.07, 6.45) is 5.41. The molecule has 1 heterocycles. The van der Waals surface area contributed by atoms with Crippen LogP contribution in [0.25, 0.3) is 0 Å². The van der Waals surface area contributed by atoms with Crippen molar-refractivity contribution in [1.29, 1.82) is 0 Å². The van der Waals surface area contributed by atoms with Gasteiger partial charge < -0.3 is 9.47 Å². The minimum atomic E-state index is -1.13. The van der Waals surface area contributed by atoms with Crippen LogP contribution in [-0.2, 0) is 32.1 Å². The van der Waals surface area contributed by atoms with Crippen molar-refractivity contribution in [2.24, 2.45) is 35.5 Å². The van der Waals surface area contributed by atoms with Gasteiger partial charge in [-0.15, -0.1) is 0 Å². The third kappa shape index (κ3) is 4.73. The fraction of sp³-hybridized carbons (Fsp3) is 0.314. The molecule has 0 spiro atoms. The van der Waals surface area contributed by atoms with E-state index < -0.39 is 30.5 Å². The van der Waals surface area contributed by atoms with Gasteiger partial charge in [-0.25, -0.2) is 4.79 Å². The molecule has 0 N–H and O–H groups in total. The summed E-state index contributed by atoms with van der Waals surface area (Å²) < 4.78 is 11.3. The third-order valence-electron chi connectivity index (χ3n) is 9.32. The highest BCUT2D eigenvalue weighted by molar-refractivity contribution is 6.09. The molecule has 1 saturated heterocycles. The van der Waals surface area contributed by atoms with E-state index in [9.17, 15) is 19.2 Å². The van der Waals surface area contributed by atoms with E-state index in [0.29, 0.717) is 29.8 Å². The van der Waals surface area contributed by atoms with E-state index in [4.69, 9.17) is 9.47 Å². The molecule has 4 aliphatic carbocycles. The Balaban J connectivity index is 1.04. The van der Waals surface area contributed by atoms with Gasteiger partial charge in [0.15, 0.2) is 12.4 Å². The third-order valence-corrected chi connectivity index (χ3v) is 9.32. The summed E-state index contributed by atoms with van der Waals surface area (Å²) in [6, 6.07) is 24.6. The molecule has 7 nitrogen and oxygen atoms in total. The maximum atomic E-state index is 13.8. The number of allylic oxidation sites excluding steroid dienone is 2. The lowest BCUT2D eigenvalue weighted by atomic mass is 9.63. The molecule has 2 amide bonds. The Morgan fingerprint density at radius 1 is 0.762 bits per heavy atom. The summed E-state index contributed by atoms with van der Waals surface area (Å²) in [4.78, 5) is 55.2. The van der Waals surface area contributed by atoms with E-state index in [1.807, 2.05) is 60.7 Å². The molecule has 2 bridgehead atoms. The highest BCUT2D eigenvalue weighted by Gasteiger charge is 2.68. The van der Waals surface area contributed by atoms with Gasteiger partial charge in [-0.3, -0.25) is 19.3 Å². The zero-order valence-electron chi connectivity index (χ0n) is 23.0. The first kappa shape index (κ1) is 26.4. The number of imide groups is 1. The van der Waals surface area contributed by atoms with Crippen LogP contribution in [0.15, 0.2) is 97.1 Å². The van der Waals surface area contributed by atoms with Crippen LogP contribution < -0.4 is 4.74 Å². The minimum absolute atomic E-state index is 0.0565. The Kier molecular flexibility index (Phi) is 6.73. The lowest BCUT2D eigenvalue weighted by molar-refractivity contribution is -0.158. The van der Waals surface area contributed by atoms with Crippen molar-refractivity contribution in [1.82, 2.24) is 4.90 Å². The molecule has 5 aliphatic rings. The number of ketones is 1. The molecule has 0 unspecified atom stereocenters. The van der Waals surface area contributed by atoms with E-state index in [-0.39, 0.29) is 35.9 Å². The van der Waals surface area contributed by atoms with E-state index in [1.165, 1.54) is 0 Å². The fourth-order valence-electron chi connectivity index (χ4n) is 7.20. The number of hydrogen-bond donors (Lipinski definition) is 0. The molecule has 0 radical (unpaired) electrons. The number of carbonyl (C=O) groups excluding carboxylic acids is 4. The topological polar surface area (TPSA) is 90.0 Å². The molecule has 0 aromatic heterocycles. The number of carbonyl (C=O) groups is 4. The number of amides is 2. The van der Waals surface area contributed by atoms with Crippen LogP contribution >= 0.6 is 0 Å². The number of nitrogens with zero attached hydrogens (tertiary/aromatic N) is 1. The molecule has 2 saturated carbocycles. The number of benzene rings is 3. The van der Waals surface area contributed by atoms with Crippen molar-refractivity contribution >= 4 is 23.6 Å². The molecule has 3 fully saturated rings. The minimum Gasteiger partial charge on any atom is -0.489 e. The van der Waals surface area contributed by atoms with Crippen LogP contribution in [0.2, 0.25) is 0 Å². The number of ether oxygens (including phenoxy) is 2. The molecule has 8 rings (SSSR count). The van der Waals surface area contributed by atoms with Crippen LogP contribution in [0.4, 0.5) is 0 Å². The van der Waals surface area contributed by atoms with E-state index in [2.05, 4.69) is 12.2 Å². The van der Waals surface area contributed by atoms with Crippen molar-refractivity contribution < 1.29 is 28.7 Å². The molecule has 3 aromatic rings. The maximum Gasteiger partial charge on any atom is 0.330 e. The number of hydrogen-bond acceptors (Lipinski definition) is 6. The second-order valence-electron chi connectivity index (χ2n) is 11.7. The lowest BCUT2D eigenvalue weighted by Gasteiger charge is -2.37. The normalized spacial score (nSPS) is 27.3. The quantitative estimate of drug-likeness (QED) is 0.155. The number of Topliss-reactive ketones (excluding diaryl/α,β-unsaturated/α-hetero) is 1. The van der Waals surface area contributed by atoms with Crippen molar-refractivity contribution in [3.05, 3.63) is 114 Å². The number of rotatable bonds is 10. The van der Waals surface area contributed by atoms with Gasteiger partial charge in [-0.1, -0.05) is 72.8 Å². The fourth-order valence-corrected chi connectivity index (χ4v) is 7.20. The largest absolute Gasteiger partial charge is 0.489 e. The van der Waals surface area contributed by atoms with Crippen LogP contribution in [0.1, 0.15) is 27.9 Å². The average molecular weight is 562 g/mol. The highest BCUT2D eigenvalue weighted by Crippen LogP contribution is 2.65. The van der Waals surface area contributed by atoms with Crippen LogP contribution in [0, 0.1) is 35.5 Å². The standard InChI is InChI=1S/C35H31NO6/c37-30(23-11-13-24(14-12-23)41-19-22-9-5-2-6-10-22)20-42-35(40)29(17-21-7-3-1-4-8-21)36-33(38)31-25-15-16-26(28-18-27(25)28)32(31)34(36)39/h1-16,25-29,31-32H,17-20H2/t25-,26-,27-,28-,29-,31+,32+/m1/s1. The second-order valence-corrected chi connectivity index (χ2v) is 11.7. The average Bonchev–Trinajstić information content (AvgIpc) is 3.81. The van der Waals surface area contributed by atoms with Crippen molar-refractivity contribution in [2.45, 2.75) is 25.5 Å². The molecule has 7 heteroatoms. The van der Waals surface area contributed by atoms with Crippen LogP contribution in [0.5, 0.6) is 5.75 Å². The number of likely N-dealkylation sites (tertiary alicyclic amines) is 1. The SMILES string of the molecule is O=C(COC(=O)[C@@H](Cc1ccccc1)N1C(=O)[C@H]2[C@@H]3C=C[C@H]([C@H]4C[C@H]34)[C@@H]2C1=O)c1ccc(OCc2ccccc2)cc1. The summed E-state index contributed by atoms with van der Waals surface area (Å²) in [5.74, 6) is -0.873. The van der Waals surface area contributed by atoms with Crippen molar-refractivity contribution in [3.63, 3.8) is 0 Å². The highest BCUT2D eigenvalue weighted by atomic mass is 16.5. The summed E-state index contributed by atoms with van der Waals surface area (Å²) in [5.41, 5.74) is 2.21. The molecule has 212 valence electrons. The molecule has 3 aromatic carbocycles. The first-order valence-electron chi connectivity index (χ1n) is 14.6. The Bertz CT molecular complexity index is 1510. The molecular formula is C35H31NO6. The Morgan fingerprint density at radius 2 is 1.33 bits per heavy atom.